The summed E-state index contributed by atoms with van der Waals surface area (Å²) in [5.74, 6) is 1.68. The van der Waals surface area contributed by atoms with Gasteiger partial charge in [0.2, 0.25) is 0 Å². The van der Waals surface area contributed by atoms with Crippen molar-refractivity contribution in [1.29, 1.82) is 0 Å². The van der Waals surface area contributed by atoms with Crippen LogP contribution in [0.5, 0.6) is 11.5 Å². The minimum atomic E-state index is 0.0788. The van der Waals surface area contributed by atoms with Crippen LogP contribution in [0.2, 0.25) is 0 Å². The highest BCUT2D eigenvalue weighted by Crippen LogP contribution is 2.30. The van der Waals surface area contributed by atoms with E-state index >= 15 is 0 Å². The number of piperidine rings is 1. The highest BCUT2D eigenvalue weighted by atomic mass is 16.6. The molecule has 3 heterocycles. The van der Waals surface area contributed by atoms with Gasteiger partial charge in [-0.25, -0.2) is 0 Å². The second-order valence-electron chi connectivity index (χ2n) is 8.50. The van der Waals surface area contributed by atoms with Crippen LogP contribution in [-0.4, -0.2) is 41.8 Å². The average Bonchev–Trinajstić information content (AvgIpc) is 2.81. The zero-order valence-electron chi connectivity index (χ0n) is 18.0. The van der Waals surface area contributed by atoms with Gasteiger partial charge < -0.3 is 14.8 Å². The fourth-order valence-corrected chi connectivity index (χ4v) is 4.59. The van der Waals surface area contributed by atoms with Crippen molar-refractivity contribution in [2.45, 2.75) is 39.0 Å². The molecule has 0 amide bonds. The summed E-state index contributed by atoms with van der Waals surface area (Å²) in [5, 5.41) is 4.84. The summed E-state index contributed by atoms with van der Waals surface area (Å²) in [6.45, 7) is 6.67. The fraction of sp³-hybridized carbons (Fsp3) is 0.400. The maximum atomic E-state index is 12.7. The molecule has 5 rings (SSSR count). The van der Waals surface area contributed by atoms with Crippen LogP contribution in [0.4, 0.5) is 0 Å². The number of para-hydroxylation sites is 1. The summed E-state index contributed by atoms with van der Waals surface area (Å²) >= 11 is 0. The van der Waals surface area contributed by atoms with Crippen molar-refractivity contribution in [2.24, 2.45) is 0 Å². The predicted octanol–water partition coefficient (Wildman–Crippen LogP) is 3.29. The lowest BCUT2D eigenvalue weighted by molar-refractivity contribution is 0.159. The summed E-state index contributed by atoms with van der Waals surface area (Å²) in [6.07, 6.45) is 2.15. The van der Waals surface area contributed by atoms with Crippen molar-refractivity contribution in [3.05, 3.63) is 70.0 Å². The molecule has 31 heavy (non-hydrogen) atoms. The number of aromatic nitrogens is 1. The first-order chi connectivity index (χ1) is 15.2. The van der Waals surface area contributed by atoms with Crippen molar-refractivity contribution in [1.82, 2.24) is 14.8 Å². The Kier molecular flexibility index (Phi) is 5.66. The first kappa shape index (κ1) is 20.1. The molecule has 1 saturated heterocycles. The van der Waals surface area contributed by atoms with Crippen LogP contribution in [0.25, 0.3) is 10.9 Å². The summed E-state index contributed by atoms with van der Waals surface area (Å²) in [6, 6.07) is 16.6. The molecular weight excluding hydrogens is 390 g/mol. The monoisotopic (exact) mass is 419 g/mol. The van der Waals surface area contributed by atoms with Gasteiger partial charge >= 0.3 is 0 Å². The minimum Gasteiger partial charge on any atom is -0.486 e. The van der Waals surface area contributed by atoms with Crippen LogP contribution in [0.3, 0.4) is 0 Å². The summed E-state index contributed by atoms with van der Waals surface area (Å²) < 4.78 is 13.2. The van der Waals surface area contributed by atoms with Crippen LogP contribution in [0.15, 0.2) is 53.3 Å². The smallest absolute Gasteiger partial charge is 0.252 e. The van der Waals surface area contributed by atoms with Gasteiger partial charge in [0, 0.05) is 37.1 Å². The number of fused-ring (bicyclic) bond motifs is 2. The lowest BCUT2D eigenvalue weighted by Crippen LogP contribution is -2.44. The van der Waals surface area contributed by atoms with Crippen molar-refractivity contribution >= 4 is 10.9 Å². The van der Waals surface area contributed by atoms with Crippen molar-refractivity contribution in [2.75, 3.05) is 26.3 Å². The van der Waals surface area contributed by atoms with Gasteiger partial charge in [0.1, 0.15) is 13.2 Å². The second-order valence-corrected chi connectivity index (χ2v) is 8.50. The van der Waals surface area contributed by atoms with Gasteiger partial charge in [-0.3, -0.25) is 14.3 Å². The summed E-state index contributed by atoms with van der Waals surface area (Å²) in [7, 11) is 0. The molecule has 0 unspecified atom stereocenters. The lowest BCUT2D eigenvalue weighted by Gasteiger charge is -2.33. The molecule has 0 aliphatic carbocycles. The molecule has 2 aliphatic heterocycles. The first-order valence-corrected chi connectivity index (χ1v) is 11.1. The van der Waals surface area contributed by atoms with Crippen molar-refractivity contribution in [3.8, 4) is 11.5 Å². The summed E-state index contributed by atoms with van der Waals surface area (Å²) in [5.41, 5.74) is 3.35. The quantitative estimate of drug-likeness (QED) is 0.688. The standard InChI is InChI=1S/C25H29N3O3/c1-18-14-25(29)28(22-5-3-2-4-21(18)22)17-27-10-8-20(9-11-27)26-16-19-6-7-23-24(15-19)31-13-12-30-23/h2-7,14-15,20,26H,8-13,16-17H2,1H3. The van der Waals surface area contributed by atoms with E-state index in [2.05, 4.69) is 28.4 Å². The number of rotatable bonds is 5. The first-order valence-electron chi connectivity index (χ1n) is 11.1. The van der Waals surface area contributed by atoms with Crippen LogP contribution in [-0.2, 0) is 13.2 Å². The zero-order chi connectivity index (χ0) is 21.2. The third-order valence-corrected chi connectivity index (χ3v) is 6.36. The largest absolute Gasteiger partial charge is 0.486 e. The molecule has 2 aliphatic rings. The van der Waals surface area contributed by atoms with E-state index in [1.54, 1.807) is 6.07 Å². The number of likely N-dealkylation sites (tertiary alicyclic amines) is 1. The third-order valence-electron chi connectivity index (χ3n) is 6.36. The molecule has 1 N–H and O–H groups in total. The van der Waals surface area contributed by atoms with E-state index in [0.717, 1.165) is 60.4 Å². The molecule has 3 aromatic rings. The van der Waals surface area contributed by atoms with E-state index in [-0.39, 0.29) is 5.56 Å². The number of nitrogens with one attached hydrogen (secondary N) is 1. The van der Waals surface area contributed by atoms with Gasteiger partial charge in [-0.05, 0) is 49.1 Å². The molecule has 2 aromatic carbocycles. The molecule has 0 atom stereocenters. The average molecular weight is 420 g/mol. The van der Waals surface area contributed by atoms with Gasteiger partial charge in [0.15, 0.2) is 11.5 Å². The van der Waals surface area contributed by atoms with E-state index in [9.17, 15) is 4.79 Å². The Hall–Kier alpha value is -2.83. The molecule has 0 radical (unpaired) electrons. The topological polar surface area (TPSA) is 55.7 Å². The van der Waals surface area contributed by atoms with Gasteiger partial charge in [0.05, 0.1) is 12.2 Å². The molecule has 6 nitrogen and oxygen atoms in total. The van der Waals surface area contributed by atoms with Crippen LogP contribution < -0.4 is 20.3 Å². The maximum absolute atomic E-state index is 12.7. The number of nitrogens with zero attached hydrogens (tertiary/aromatic N) is 2. The van der Waals surface area contributed by atoms with E-state index in [4.69, 9.17) is 9.47 Å². The highest BCUT2D eigenvalue weighted by Gasteiger charge is 2.20. The normalized spacial score (nSPS) is 17.2. The fourth-order valence-electron chi connectivity index (χ4n) is 4.59. The highest BCUT2D eigenvalue weighted by molar-refractivity contribution is 5.82. The van der Waals surface area contributed by atoms with Crippen molar-refractivity contribution in [3.63, 3.8) is 0 Å². The Morgan fingerprint density at radius 1 is 1.00 bits per heavy atom. The number of aryl methyl sites for hydroxylation is 1. The van der Waals surface area contributed by atoms with E-state index in [1.165, 1.54) is 5.56 Å². The van der Waals surface area contributed by atoms with E-state index in [1.807, 2.05) is 35.8 Å². The Balaban J connectivity index is 1.18. The van der Waals surface area contributed by atoms with Gasteiger partial charge in [-0.2, -0.15) is 0 Å². The van der Waals surface area contributed by atoms with Crippen LogP contribution >= 0.6 is 0 Å². The van der Waals surface area contributed by atoms with Gasteiger partial charge in [0.25, 0.3) is 5.56 Å². The van der Waals surface area contributed by atoms with E-state index in [0.29, 0.717) is 25.9 Å². The minimum absolute atomic E-state index is 0.0788. The van der Waals surface area contributed by atoms with E-state index < -0.39 is 0 Å². The Bertz CT molecular complexity index is 1130. The number of ether oxygens (including phenoxy) is 2. The van der Waals surface area contributed by atoms with Gasteiger partial charge in [-0.1, -0.05) is 24.3 Å². The second kappa shape index (κ2) is 8.73. The third kappa shape index (κ3) is 4.31. The molecule has 162 valence electrons. The number of hydrogen-bond donors (Lipinski definition) is 1. The van der Waals surface area contributed by atoms with Gasteiger partial charge in [-0.15, -0.1) is 0 Å². The Morgan fingerprint density at radius 3 is 2.61 bits per heavy atom. The Morgan fingerprint density at radius 2 is 1.77 bits per heavy atom. The SMILES string of the molecule is Cc1cc(=O)n(CN2CCC(NCc3ccc4c(c3)OCCO4)CC2)c2ccccc12. The zero-order valence-corrected chi connectivity index (χ0v) is 18.0. The number of pyridine rings is 1. The maximum Gasteiger partial charge on any atom is 0.252 e. The summed E-state index contributed by atoms with van der Waals surface area (Å²) in [4.78, 5) is 15.0. The molecule has 1 aromatic heterocycles. The number of benzene rings is 2. The molecular formula is C25H29N3O3. The van der Waals surface area contributed by atoms with Crippen molar-refractivity contribution < 1.29 is 9.47 Å². The van der Waals surface area contributed by atoms with Crippen LogP contribution in [0, 0.1) is 6.92 Å². The molecule has 0 saturated carbocycles. The molecule has 0 bridgehead atoms. The molecule has 1 fully saturated rings. The molecule has 0 spiro atoms. The Labute approximate surface area is 182 Å². The number of hydrogen-bond acceptors (Lipinski definition) is 5. The predicted molar refractivity (Wildman–Crippen MR) is 122 cm³/mol. The lowest BCUT2D eigenvalue weighted by atomic mass is 10.0. The van der Waals surface area contributed by atoms with Crippen LogP contribution in [0.1, 0.15) is 24.0 Å². The molecule has 6 heteroatoms.